The molecule has 0 aliphatic heterocycles. The van der Waals surface area contributed by atoms with E-state index in [0.717, 1.165) is 23.3 Å². The van der Waals surface area contributed by atoms with Crippen molar-refractivity contribution in [3.63, 3.8) is 0 Å². The molecule has 0 aliphatic carbocycles. The predicted molar refractivity (Wildman–Crippen MR) is 128 cm³/mol. The first kappa shape index (κ1) is 22.1. The molecule has 0 spiro atoms. The highest BCUT2D eigenvalue weighted by atomic mass is 35.5. The van der Waals surface area contributed by atoms with Gasteiger partial charge >= 0.3 is 0 Å². The molecule has 2 heterocycles. The van der Waals surface area contributed by atoms with Crippen molar-refractivity contribution in [1.82, 2.24) is 15.0 Å². The average Bonchev–Trinajstić information content (AvgIpc) is 3.21. The number of pyridine rings is 1. The maximum absolute atomic E-state index is 12.7. The van der Waals surface area contributed by atoms with Crippen LogP contribution in [0.5, 0.6) is 5.75 Å². The normalized spacial score (nSPS) is 12.0. The van der Waals surface area contributed by atoms with Crippen molar-refractivity contribution in [2.24, 2.45) is 0 Å². The fraction of sp³-hybridized carbons (Fsp3) is 0.208. The van der Waals surface area contributed by atoms with Gasteiger partial charge in [0.25, 0.3) is 0 Å². The number of ether oxygens (including phenoxy) is 1. The second kappa shape index (κ2) is 9.59. The zero-order valence-electron chi connectivity index (χ0n) is 17.7. The van der Waals surface area contributed by atoms with Crippen molar-refractivity contribution in [2.45, 2.75) is 25.7 Å². The lowest BCUT2D eigenvalue weighted by Gasteiger charge is -2.10. The van der Waals surface area contributed by atoms with Gasteiger partial charge in [-0.25, -0.2) is 4.98 Å². The molecule has 2 aromatic heterocycles. The Morgan fingerprint density at radius 2 is 1.84 bits per heavy atom. The SMILES string of the molecule is COc1ccc(CC(=O)Nc2c(Cl)cncc2Cl)c2nc(CC(C)c3ccccc3)[nH]c12. The number of fused-ring (bicyclic) bond motifs is 1. The molecule has 0 saturated heterocycles. The Morgan fingerprint density at radius 1 is 1.12 bits per heavy atom. The number of carbonyl (C=O) groups excluding carboxylic acids is 1. The molecule has 2 N–H and O–H groups in total. The third-order valence-electron chi connectivity index (χ3n) is 5.30. The van der Waals surface area contributed by atoms with E-state index in [-0.39, 0.29) is 28.3 Å². The summed E-state index contributed by atoms with van der Waals surface area (Å²) in [7, 11) is 1.61. The number of nitrogens with one attached hydrogen (secondary N) is 2. The molecule has 0 fully saturated rings. The van der Waals surface area contributed by atoms with E-state index in [1.54, 1.807) is 7.11 Å². The summed E-state index contributed by atoms with van der Waals surface area (Å²) in [6.45, 7) is 2.16. The van der Waals surface area contributed by atoms with E-state index < -0.39 is 0 Å². The molecule has 32 heavy (non-hydrogen) atoms. The molecule has 1 unspecified atom stereocenters. The maximum atomic E-state index is 12.7. The minimum absolute atomic E-state index is 0.105. The number of anilines is 1. The summed E-state index contributed by atoms with van der Waals surface area (Å²) in [6.07, 6.45) is 3.70. The van der Waals surface area contributed by atoms with Crippen molar-refractivity contribution in [1.29, 1.82) is 0 Å². The lowest BCUT2D eigenvalue weighted by atomic mass is 9.98. The van der Waals surface area contributed by atoms with Crippen LogP contribution in [-0.4, -0.2) is 28.0 Å². The van der Waals surface area contributed by atoms with Crippen LogP contribution in [0.15, 0.2) is 54.9 Å². The number of aromatic amines is 1. The number of aromatic nitrogens is 3. The lowest BCUT2D eigenvalue weighted by Crippen LogP contribution is -2.15. The second-order valence-corrected chi connectivity index (χ2v) is 8.37. The molecule has 0 saturated carbocycles. The van der Waals surface area contributed by atoms with Crippen LogP contribution in [0.4, 0.5) is 5.69 Å². The zero-order valence-corrected chi connectivity index (χ0v) is 19.2. The van der Waals surface area contributed by atoms with Gasteiger partial charge in [-0.2, -0.15) is 0 Å². The first-order chi connectivity index (χ1) is 15.5. The van der Waals surface area contributed by atoms with Gasteiger partial charge in [-0.1, -0.05) is 66.5 Å². The second-order valence-electron chi connectivity index (χ2n) is 7.55. The average molecular weight is 469 g/mol. The van der Waals surface area contributed by atoms with Gasteiger partial charge in [0, 0.05) is 18.8 Å². The quantitative estimate of drug-likeness (QED) is 0.359. The number of rotatable bonds is 7. The van der Waals surface area contributed by atoms with Crippen LogP contribution in [0.25, 0.3) is 11.0 Å². The van der Waals surface area contributed by atoms with E-state index in [2.05, 4.69) is 34.3 Å². The van der Waals surface area contributed by atoms with Crippen LogP contribution in [0, 0.1) is 0 Å². The van der Waals surface area contributed by atoms with E-state index in [1.165, 1.54) is 18.0 Å². The minimum atomic E-state index is -0.256. The number of hydrogen-bond donors (Lipinski definition) is 2. The van der Waals surface area contributed by atoms with Gasteiger partial charge in [-0.15, -0.1) is 0 Å². The van der Waals surface area contributed by atoms with Crippen molar-refractivity contribution in [3.8, 4) is 5.75 Å². The number of benzene rings is 2. The van der Waals surface area contributed by atoms with E-state index in [4.69, 9.17) is 32.9 Å². The van der Waals surface area contributed by atoms with Crippen molar-refractivity contribution in [3.05, 3.63) is 81.9 Å². The number of hydrogen-bond acceptors (Lipinski definition) is 4. The van der Waals surface area contributed by atoms with Gasteiger partial charge in [0.05, 0.1) is 34.8 Å². The molecule has 164 valence electrons. The fourth-order valence-corrected chi connectivity index (χ4v) is 4.12. The standard InChI is InChI=1S/C24H22Cl2N4O2/c1-14(15-6-4-3-5-7-15)10-20-28-22-16(8-9-19(32-2)24(22)29-20)11-21(31)30-23-17(25)12-27-13-18(23)26/h3-9,12-14H,10-11H2,1-2H3,(H,28,29)(H,27,30,31). The molecule has 0 aliphatic rings. The fourth-order valence-electron chi connectivity index (χ4n) is 3.66. The summed E-state index contributed by atoms with van der Waals surface area (Å²) in [5.74, 6) is 1.54. The smallest absolute Gasteiger partial charge is 0.228 e. The Labute approximate surface area is 195 Å². The van der Waals surface area contributed by atoms with Crippen molar-refractivity contribution in [2.75, 3.05) is 12.4 Å². The molecular formula is C24H22Cl2N4O2. The molecule has 1 atom stereocenters. The number of methoxy groups -OCH3 is 1. The van der Waals surface area contributed by atoms with Crippen LogP contribution in [0.2, 0.25) is 10.0 Å². The van der Waals surface area contributed by atoms with Crippen molar-refractivity contribution < 1.29 is 9.53 Å². The van der Waals surface area contributed by atoms with Gasteiger partial charge in [0.2, 0.25) is 5.91 Å². The van der Waals surface area contributed by atoms with Crippen LogP contribution < -0.4 is 10.1 Å². The Hall–Kier alpha value is -3.09. The topological polar surface area (TPSA) is 79.9 Å². The lowest BCUT2D eigenvalue weighted by molar-refractivity contribution is -0.115. The van der Waals surface area contributed by atoms with E-state index >= 15 is 0 Å². The molecule has 6 nitrogen and oxygen atoms in total. The van der Waals surface area contributed by atoms with Crippen LogP contribution in [0.3, 0.4) is 0 Å². The summed E-state index contributed by atoms with van der Waals surface area (Å²) in [5.41, 5.74) is 3.84. The Morgan fingerprint density at radius 3 is 2.53 bits per heavy atom. The summed E-state index contributed by atoms with van der Waals surface area (Å²) < 4.78 is 5.50. The third-order valence-corrected chi connectivity index (χ3v) is 5.87. The molecular weight excluding hydrogens is 447 g/mol. The first-order valence-electron chi connectivity index (χ1n) is 10.1. The molecule has 0 bridgehead atoms. The molecule has 2 aromatic carbocycles. The number of nitrogens with zero attached hydrogens (tertiary/aromatic N) is 2. The van der Waals surface area contributed by atoms with Crippen LogP contribution in [0.1, 0.15) is 29.8 Å². The van der Waals surface area contributed by atoms with E-state index in [9.17, 15) is 4.79 Å². The minimum Gasteiger partial charge on any atom is -0.494 e. The summed E-state index contributed by atoms with van der Waals surface area (Å²) in [5, 5.41) is 3.33. The number of imidazole rings is 1. The number of amides is 1. The highest BCUT2D eigenvalue weighted by Gasteiger charge is 2.18. The first-order valence-corrected chi connectivity index (χ1v) is 10.9. The molecule has 1 amide bonds. The van der Waals surface area contributed by atoms with Crippen molar-refractivity contribution >= 4 is 45.8 Å². The predicted octanol–water partition coefficient (Wildman–Crippen LogP) is 5.80. The van der Waals surface area contributed by atoms with E-state index in [0.29, 0.717) is 17.0 Å². The monoisotopic (exact) mass is 468 g/mol. The number of halogens is 2. The summed E-state index contributed by atoms with van der Waals surface area (Å²) in [6, 6.07) is 14.0. The largest absolute Gasteiger partial charge is 0.494 e. The molecule has 4 aromatic rings. The molecule has 0 radical (unpaired) electrons. The van der Waals surface area contributed by atoms with Gasteiger partial charge in [-0.3, -0.25) is 9.78 Å². The van der Waals surface area contributed by atoms with E-state index in [1.807, 2.05) is 30.3 Å². The van der Waals surface area contributed by atoms with Gasteiger partial charge in [0.15, 0.2) is 0 Å². The van der Waals surface area contributed by atoms with Gasteiger partial charge < -0.3 is 15.0 Å². The highest BCUT2D eigenvalue weighted by Crippen LogP contribution is 2.31. The zero-order chi connectivity index (χ0) is 22.7. The highest BCUT2D eigenvalue weighted by molar-refractivity contribution is 6.39. The van der Waals surface area contributed by atoms with Crippen LogP contribution in [-0.2, 0) is 17.6 Å². The van der Waals surface area contributed by atoms with Gasteiger partial charge in [-0.05, 0) is 23.1 Å². The molecule has 8 heteroatoms. The summed E-state index contributed by atoms with van der Waals surface area (Å²) in [4.78, 5) is 24.8. The summed E-state index contributed by atoms with van der Waals surface area (Å²) >= 11 is 12.2. The molecule has 4 rings (SSSR count). The Balaban J connectivity index is 1.60. The Bertz CT molecular complexity index is 1240. The van der Waals surface area contributed by atoms with Gasteiger partial charge in [0.1, 0.15) is 17.1 Å². The Kier molecular flexibility index (Phi) is 6.63. The number of carbonyl (C=O) groups is 1. The number of H-pyrrole nitrogens is 1. The van der Waals surface area contributed by atoms with Crippen LogP contribution >= 0.6 is 23.2 Å². The third kappa shape index (κ3) is 4.71. The maximum Gasteiger partial charge on any atom is 0.228 e.